The maximum absolute atomic E-state index is 12.5. The van der Waals surface area contributed by atoms with Gasteiger partial charge in [0.15, 0.2) is 5.65 Å². The number of ether oxygens (including phenoxy) is 2. The number of aromatic amines is 1. The highest BCUT2D eigenvalue weighted by molar-refractivity contribution is 5.73. The van der Waals surface area contributed by atoms with Gasteiger partial charge in [-0.25, -0.2) is 9.67 Å². The average molecular weight is 368 g/mol. The van der Waals surface area contributed by atoms with Crippen molar-refractivity contribution in [3.8, 4) is 5.75 Å². The number of nitrogens with zero attached hydrogens (tertiary/aromatic N) is 3. The Balaban J connectivity index is 1.70. The van der Waals surface area contributed by atoms with Crippen molar-refractivity contribution in [2.24, 2.45) is 0 Å². The predicted molar refractivity (Wildman–Crippen MR) is 102 cm³/mol. The molecule has 1 saturated heterocycles. The number of aromatic nitrogens is 4. The number of fused-ring (bicyclic) bond motifs is 1. The fraction of sp³-hybridized carbons (Fsp3) is 0.450. The van der Waals surface area contributed by atoms with Gasteiger partial charge in [-0.15, -0.1) is 0 Å². The average Bonchev–Trinajstić information content (AvgIpc) is 3.08. The summed E-state index contributed by atoms with van der Waals surface area (Å²) in [5.74, 6) is 1.43. The molecule has 1 fully saturated rings. The molecule has 142 valence electrons. The molecule has 3 aromatic rings. The van der Waals surface area contributed by atoms with Crippen molar-refractivity contribution in [3.63, 3.8) is 0 Å². The summed E-state index contributed by atoms with van der Waals surface area (Å²) >= 11 is 0. The van der Waals surface area contributed by atoms with Crippen molar-refractivity contribution in [2.45, 2.75) is 45.3 Å². The number of para-hydroxylation sites is 1. The maximum atomic E-state index is 12.5. The lowest BCUT2D eigenvalue weighted by atomic mass is 10.1. The van der Waals surface area contributed by atoms with Crippen LogP contribution < -0.4 is 10.3 Å². The second-order valence-electron chi connectivity index (χ2n) is 7.13. The third-order valence-electron chi connectivity index (χ3n) is 4.74. The minimum atomic E-state index is -0.157. The second-order valence-corrected chi connectivity index (χ2v) is 7.13. The summed E-state index contributed by atoms with van der Waals surface area (Å²) in [4.78, 5) is 20.2. The molecule has 7 nitrogen and oxygen atoms in total. The molecule has 7 heteroatoms. The number of rotatable bonds is 5. The van der Waals surface area contributed by atoms with Crippen LogP contribution in [0.15, 0.2) is 35.3 Å². The number of H-pyrrole nitrogens is 1. The van der Waals surface area contributed by atoms with E-state index in [4.69, 9.17) is 14.5 Å². The molecule has 0 aliphatic carbocycles. The van der Waals surface area contributed by atoms with Crippen LogP contribution in [-0.2, 0) is 11.2 Å². The van der Waals surface area contributed by atoms with Gasteiger partial charge < -0.3 is 14.5 Å². The predicted octanol–water partition coefficient (Wildman–Crippen LogP) is 2.85. The van der Waals surface area contributed by atoms with Crippen molar-refractivity contribution in [1.82, 2.24) is 19.7 Å². The van der Waals surface area contributed by atoms with E-state index in [-0.39, 0.29) is 17.7 Å². The Morgan fingerprint density at radius 2 is 2.07 bits per heavy atom. The summed E-state index contributed by atoms with van der Waals surface area (Å²) < 4.78 is 13.2. The third-order valence-corrected chi connectivity index (χ3v) is 4.74. The molecule has 0 unspecified atom stereocenters. The van der Waals surface area contributed by atoms with Gasteiger partial charge in [-0.05, 0) is 32.8 Å². The smallest absolute Gasteiger partial charge is 0.262 e. The Labute approximate surface area is 157 Å². The highest BCUT2D eigenvalue weighted by atomic mass is 16.5. The lowest BCUT2D eigenvalue weighted by molar-refractivity contribution is 0.0673. The fourth-order valence-electron chi connectivity index (χ4n) is 3.46. The largest absolute Gasteiger partial charge is 0.491 e. The standard InChI is InChI=1S/C20H24N4O3/c1-13(2)27-17-6-4-3-5-14(17)11-18-22-19-16(20(25)23-18)12-21-24(19)15-7-9-26-10-8-15/h3-6,12-13,15H,7-11H2,1-2H3,(H,22,23,25). The molecule has 0 radical (unpaired) electrons. The Bertz CT molecular complexity index is 986. The van der Waals surface area contributed by atoms with Gasteiger partial charge in [-0.3, -0.25) is 4.79 Å². The van der Waals surface area contributed by atoms with Crippen molar-refractivity contribution in [1.29, 1.82) is 0 Å². The van der Waals surface area contributed by atoms with E-state index in [2.05, 4.69) is 10.1 Å². The van der Waals surface area contributed by atoms with Crippen LogP contribution in [0.5, 0.6) is 5.75 Å². The van der Waals surface area contributed by atoms with Gasteiger partial charge in [0.25, 0.3) is 5.56 Å². The number of benzene rings is 1. The Hall–Kier alpha value is -2.67. The van der Waals surface area contributed by atoms with E-state index in [0.29, 0.717) is 36.5 Å². The van der Waals surface area contributed by atoms with Gasteiger partial charge in [-0.2, -0.15) is 5.10 Å². The first kappa shape index (κ1) is 17.7. The van der Waals surface area contributed by atoms with Crippen molar-refractivity contribution in [2.75, 3.05) is 13.2 Å². The molecule has 1 aliphatic rings. The van der Waals surface area contributed by atoms with Crippen LogP contribution in [0.3, 0.4) is 0 Å². The maximum Gasteiger partial charge on any atom is 0.262 e. The van der Waals surface area contributed by atoms with Gasteiger partial charge in [-0.1, -0.05) is 18.2 Å². The molecule has 27 heavy (non-hydrogen) atoms. The summed E-state index contributed by atoms with van der Waals surface area (Å²) in [6, 6.07) is 8.07. The summed E-state index contributed by atoms with van der Waals surface area (Å²) in [6.07, 6.45) is 3.94. The highest BCUT2D eigenvalue weighted by Gasteiger charge is 2.21. The fourth-order valence-corrected chi connectivity index (χ4v) is 3.46. The second kappa shape index (κ2) is 7.52. The van der Waals surface area contributed by atoms with E-state index in [1.54, 1.807) is 6.20 Å². The van der Waals surface area contributed by atoms with Crippen LogP contribution >= 0.6 is 0 Å². The molecule has 0 amide bonds. The lowest BCUT2D eigenvalue weighted by Gasteiger charge is -2.22. The van der Waals surface area contributed by atoms with E-state index in [1.165, 1.54) is 0 Å². The molecular weight excluding hydrogens is 344 g/mol. The van der Waals surface area contributed by atoms with E-state index in [1.807, 2.05) is 42.8 Å². The van der Waals surface area contributed by atoms with Crippen LogP contribution in [0.25, 0.3) is 11.0 Å². The molecule has 0 saturated carbocycles. The van der Waals surface area contributed by atoms with E-state index in [0.717, 1.165) is 24.2 Å². The van der Waals surface area contributed by atoms with E-state index in [9.17, 15) is 4.79 Å². The van der Waals surface area contributed by atoms with Gasteiger partial charge in [0.1, 0.15) is 17.0 Å². The van der Waals surface area contributed by atoms with Crippen molar-refractivity contribution >= 4 is 11.0 Å². The first-order valence-corrected chi connectivity index (χ1v) is 9.40. The summed E-state index contributed by atoms with van der Waals surface area (Å²) in [6.45, 7) is 5.41. The number of hydrogen-bond acceptors (Lipinski definition) is 5. The third kappa shape index (κ3) is 3.73. The van der Waals surface area contributed by atoms with E-state index >= 15 is 0 Å². The zero-order valence-corrected chi connectivity index (χ0v) is 15.6. The topological polar surface area (TPSA) is 82.0 Å². The van der Waals surface area contributed by atoms with Gasteiger partial charge >= 0.3 is 0 Å². The van der Waals surface area contributed by atoms with Crippen LogP contribution in [0.4, 0.5) is 0 Å². The number of hydrogen-bond donors (Lipinski definition) is 1. The van der Waals surface area contributed by atoms with Crippen LogP contribution in [0.2, 0.25) is 0 Å². The van der Waals surface area contributed by atoms with Crippen LogP contribution in [0.1, 0.15) is 44.1 Å². The molecule has 1 aromatic carbocycles. The molecule has 0 spiro atoms. The Kier molecular flexibility index (Phi) is 4.94. The van der Waals surface area contributed by atoms with Gasteiger partial charge in [0.05, 0.1) is 18.3 Å². The minimum absolute atomic E-state index is 0.0793. The normalized spacial score (nSPS) is 15.5. The molecule has 4 rings (SSSR count). The SMILES string of the molecule is CC(C)Oc1ccccc1Cc1nc2c(cnn2C2CCOCC2)c(=O)[nH]1. The van der Waals surface area contributed by atoms with Crippen molar-refractivity contribution in [3.05, 3.63) is 52.2 Å². The first-order valence-electron chi connectivity index (χ1n) is 9.40. The molecule has 0 atom stereocenters. The van der Waals surface area contributed by atoms with E-state index < -0.39 is 0 Å². The molecule has 1 N–H and O–H groups in total. The summed E-state index contributed by atoms with van der Waals surface area (Å²) in [7, 11) is 0. The van der Waals surface area contributed by atoms with Gasteiger partial charge in [0, 0.05) is 25.2 Å². The van der Waals surface area contributed by atoms with Crippen LogP contribution in [-0.4, -0.2) is 39.1 Å². The lowest BCUT2D eigenvalue weighted by Crippen LogP contribution is -2.21. The summed E-state index contributed by atoms with van der Waals surface area (Å²) in [5.41, 5.74) is 1.48. The van der Waals surface area contributed by atoms with Gasteiger partial charge in [0.2, 0.25) is 0 Å². The highest BCUT2D eigenvalue weighted by Crippen LogP contribution is 2.24. The molecule has 0 bridgehead atoms. The summed E-state index contributed by atoms with van der Waals surface area (Å²) in [5, 5.41) is 4.96. The van der Waals surface area contributed by atoms with Crippen molar-refractivity contribution < 1.29 is 9.47 Å². The first-order chi connectivity index (χ1) is 13.1. The zero-order chi connectivity index (χ0) is 18.8. The minimum Gasteiger partial charge on any atom is -0.491 e. The zero-order valence-electron chi connectivity index (χ0n) is 15.6. The van der Waals surface area contributed by atoms with Crippen LogP contribution in [0, 0.1) is 0 Å². The molecule has 3 heterocycles. The molecule has 2 aromatic heterocycles. The monoisotopic (exact) mass is 368 g/mol. The Morgan fingerprint density at radius 1 is 1.30 bits per heavy atom. The Morgan fingerprint density at radius 3 is 2.85 bits per heavy atom. The quantitative estimate of drug-likeness (QED) is 0.749. The molecular formula is C20H24N4O3. The molecule has 1 aliphatic heterocycles. The number of nitrogens with one attached hydrogen (secondary N) is 1.